The first-order chi connectivity index (χ1) is 10.6. The lowest BCUT2D eigenvalue weighted by Gasteiger charge is -2.40. The minimum atomic E-state index is 0.0227. The maximum atomic E-state index is 12.1. The highest BCUT2D eigenvalue weighted by Crippen LogP contribution is 2.15. The van der Waals surface area contributed by atoms with Gasteiger partial charge in [-0.05, 0) is 13.3 Å². The number of rotatable bonds is 7. The zero-order valence-electron chi connectivity index (χ0n) is 13.7. The number of hydrogen-bond donors (Lipinski definition) is 1. The van der Waals surface area contributed by atoms with Gasteiger partial charge in [-0.15, -0.1) is 11.3 Å². The molecule has 1 aliphatic heterocycles. The molecular formula is C15H26N4O2S. The lowest BCUT2D eigenvalue weighted by atomic mass is 10.1. The van der Waals surface area contributed by atoms with E-state index in [1.807, 2.05) is 12.3 Å². The number of nitrogens with zero attached hydrogens (tertiary/aromatic N) is 3. The predicted molar refractivity (Wildman–Crippen MR) is 89.4 cm³/mol. The van der Waals surface area contributed by atoms with E-state index in [4.69, 9.17) is 4.74 Å². The lowest BCUT2D eigenvalue weighted by Crippen LogP contribution is -2.54. The van der Waals surface area contributed by atoms with Gasteiger partial charge >= 0.3 is 0 Å². The zero-order valence-corrected chi connectivity index (χ0v) is 14.5. The number of carbonyl (C=O) groups is 1. The topological polar surface area (TPSA) is 57.7 Å². The number of hydrogen-bond acceptors (Lipinski definition) is 6. The Kier molecular flexibility index (Phi) is 6.75. The average molecular weight is 326 g/mol. The van der Waals surface area contributed by atoms with E-state index in [0.29, 0.717) is 17.7 Å². The highest BCUT2D eigenvalue weighted by Gasteiger charge is 2.26. The van der Waals surface area contributed by atoms with Crippen molar-refractivity contribution in [2.75, 3.05) is 51.8 Å². The molecule has 2 heterocycles. The molecule has 0 unspecified atom stereocenters. The van der Waals surface area contributed by atoms with Crippen LogP contribution in [0.1, 0.15) is 19.0 Å². The Balaban J connectivity index is 1.80. The minimum absolute atomic E-state index is 0.0227. The van der Waals surface area contributed by atoms with Crippen LogP contribution in [0.4, 0.5) is 5.13 Å². The van der Waals surface area contributed by atoms with Crippen molar-refractivity contribution in [3.63, 3.8) is 0 Å². The number of aryl methyl sites for hydroxylation is 1. The van der Waals surface area contributed by atoms with Gasteiger partial charge in [0.05, 0.1) is 18.8 Å². The second kappa shape index (κ2) is 8.57. The van der Waals surface area contributed by atoms with Gasteiger partial charge in [-0.25, -0.2) is 4.98 Å². The van der Waals surface area contributed by atoms with Crippen molar-refractivity contribution in [3.8, 4) is 0 Å². The van der Waals surface area contributed by atoms with E-state index >= 15 is 0 Å². The van der Waals surface area contributed by atoms with Crippen LogP contribution >= 0.6 is 11.3 Å². The van der Waals surface area contributed by atoms with Crippen molar-refractivity contribution in [2.24, 2.45) is 0 Å². The van der Waals surface area contributed by atoms with Crippen molar-refractivity contribution >= 4 is 22.4 Å². The first-order valence-corrected chi connectivity index (χ1v) is 8.67. The molecule has 1 amide bonds. The van der Waals surface area contributed by atoms with Gasteiger partial charge < -0.3 is 10.1 Å². The third-order valence-corrected chi connectivity index (χ3v) is 4.85. The summed E-state index contributed by atoms with van der Waals surface area (Å²) in [5.74, 6) is 0.0227. The van der Waals surface area contributed by atoms with Crippen LogP contribution in [0.15, 0.2) is 5.38 Å². The van der Waals surface area contributed by atoms with Crippen LogP contribution in [0.2, 0.25) is 0 Å². The van der Waals surface area contributed by atoms with Crippen LogP contribution in [0, 0.1) is 6.92 Å². The molecule has 2 rings (SSSR count). The molecule has 124 valence electrons. The highest BCUT2D eigenvalue weighted by molar-refractivity contribution is 7.13. The zero-order chi connectivity index (χ0) is 15.9. The number of anilines is 1. The number of methoxy groups -OCH3 is 1. The van der Waals surface area contributed by atoms with Crippen LogP contribution in [0.25, 0.3) is 0 Å². The van der Waals surface area contributed by atoms with Crippen molar-refractivity contribution in [1.82, 2.24) is 14.8 Å². The quantitative estimate of drug-likeness (QED) is 0.821. The Labute approximate surface area is 136 Å². The van der Waals surface area contributed by atoms with Crippen molar-refractivity contribution < 1.29 is 9.53 Å². The fourth-order valence-corrected chi connectivity index (χ4v) is 3.47. The standard InChI is InChI=1S/C15H26N4O2S/c1-4-13-9-18(5-6-19(13)7-8-21-3)10-14(20)17-15-16-12(2)11-22-15/h11,13H,4-10H2,1-3H3,(H,16,17,20)/t13-/m0/s1. The molecule has 7 heteroatoms. The van der Waals surface area contributed by atoms with Gasteiger partial charge in [-0.1, -0.05) is 6.92 Å². The number of ether oxygens (including phenoxy) is 1. The summed E-state index contributed by atoms with van der Waals surface area (Å²) in [6.45, 7) is 9.14. The summed E-state index contributed by atoms with van der Waals surface area (Å²) in [6.07, 6.45) is 1.09. The molecule has 1 aromatic heterocycles. The molecule has 1 aromatic rings. The fourth-order valence-electron chi connectivity index (χ4n) is 2.76. The van der Waals surface area contributed by atoms with E-state index in [9.17, 15) is 4.79 Å². The molecule has 22 heavy (non-hydrogen) atoms. The van der Waals surface area contributed by atoms with Gasteiger partial charge in [0.15, 0.2) is 5.13 Å². The van der Waals surface area contributed by atoms with Crippen molar-refractivity contribution in [1.29, 1.82) is 0 Å². The first-order valence-electron chi connectivity index (χ1n) is 7.79. The van der Waals surface area contributed by atoms with Gasteiger partial charge in [0, 0.05) is 44.7 Å². The van der Waals surface area contributed by atoms with Crippen LogP contribution in [0.5, 0.6) is 0 Å². The summed E-state index contributed by atoms with van der Waals surface area (Å²) < 4.78 is 5.17. The smallest absolute Gasteiger partial charge is 0.240 e. The molecule has 0 saturated carbocycles. The molecule has 1 atom stereocenters. The van der Waals surface area contributed by atoms with Gasteiger partial charge in [-0.2, -0.15) is 0 Å². The number of aromatic nitrogens is 1. The van der Waals surface area contributed by atoms with E-state index in [-0.39, 0.29) is 5.91 Å². The Morgan fingerprint density at radius 3 is 3.00 bits per heavy atom. The van der Waals surface area contributed by atoms with Gasteiger partial charge in [-0.3, -0.25) is 14.6 Å². The van der Waals surface area contributed by atoms with Crippen LogP contribution in [0.3, 0.4) is 0 Å². The summed E-state index contributed by atoms with van der Waals surface area (Å²) in [5, 5.41) is 5.51. The highest BCUT2D eigenvalue weighted by atomic mass is 32.1. The lowest BCUT2D eigenvalue weighted by molar-refractivity contribution is -0.118. The number of thiazole rings is 1. The second-order valence-corrected chi connectivity index (χ2v) is 6.53. The van der Waals surface area contributed by atoms with Crippen molar-refractivity contribution in [3.05, 3.63) is 11.1 Å². The maximum Gasteiger partial charge on any atom is 0.240 e. The van der Waals surface area contributed by atoms with Crippen LogP contribution < -0.4 is 5.32 Å². The van der Waals surface area contributed by atoms with Gasteiger partial charge in [0.2, 0.25) is 5.91 Å². The summed E-state index contributed by atoms with van der Waals surface area (Å²) in [7, 11) is 1.74. The number of nitrogens with one attached hydrogen (secondary N) is 1. The third kappa shape index (κ3) is 5.01. The van der Waals surface area contributed by atoms with Crippen molar-refractivity contribution in [2.45, 2.75) is 26.3 Å². The fraction of sp³-hybridized carbons (Fsp3) is 0.733. The molecule has 1 aliphatic rings. The summed E-state index contributed by atoms with van der Waals surface area (Å²) >= 11 is 1.47. The Bertz CT molecular complexity index is 480. The molecule has 1 saturated heterocycles. The van der Waals surface area contributed by atoms with E-state index in [1.54, 1.807) is 7.11 Å². The largest absolute Gasteiger partial charge is 0.383 e. The Morgan fingerprint density at radius 1 is 1.55 bits per heavy atom. The third-order valence-electron chi connectivity index (χ3n) is 3.98. The molecule has 1 fully saturated rings. The normalized spacial score (nSPS) is 20.2. The van der Waals surface area contributed by atoms with Crippen LogP contribution in [-0.2, 0) is 9.53 Å². The first kappa shape index (κ1) is 17.3. The summed E-state index contributed by atoms with van der Waals surface area (Å²) in [6, 6.07) is 0.499. The van der Waals surface area contributed by atoms with E-state index in [2.05, 4.69) is 27.0 Å². The molecule has 0 aliphatic carbocycles. The molecule has 0 radical (unpaired) electrons. The monoisotopic (exact) mass is 326 g/mol. The minimum Gasteiger partial charge on any atom is -0.383 e. The van der Waals surface area contributed by atoms with Crippen LogP contribution in [-0.4, -0.2) is 73.2 Å². The predicted octanol–water partition coefficient (Wildman–Crippen LogP) is 1.43. The molecule has 0 spiro atoms. The SMILES string of the molecule is CC[C@H]1CN(CC(=O)Nc2nc(C)cs2)CCN1CCOC. The summed E-state index contributed by atoms with van der Waals surface area (Å²) in [4.78, 5) is 21.1. The van der Waals surface area contributed by atoms with E-state index in [0.717, 1.165) is 44.9 Å². The maximum absolute atomic E-state index is 12.1. The number of carbonyl (C=O) groups excluding carboxylic acids is 1. The van der Waals surface area contributed by atoms with Gasteiger partial charge in [0.1, 0.15) is 0 Å². The van der Waals surface area contributed by atoms with E-state index in [1.165, 1.54) is 11.3 Å². The molecule has 6 nitrogen and oxygen atoms in total. The summed E-state index contributed by atoms with van der Waals surface area (Å²) in [5.41, 5.74) is 0.943. The molecule has 0 bridgehead atoms. The van der Waals surface area contributed by atoms with E-state index < -0.39 is 0 Å². The Hall–Kier alpha value is -1.02. The number of amides is 1. The molecular weight excluding hydrogens is 300 g/mol. The average Bonchev–Trinajstić information content (AvgIpc) is 2.90. The van der Waals surface area contributed by atoms with Gasteiger partial charge in [0.25, 0.3) is 0 Å². The molecule has 1 N–H and O–H groups in total. The second-order valence-electron chi connectivity index (χ2n) is 5.67. The Morgan fingerprint density at radius 2 is 2.36 bits per heavy atom. The number of piperazine rings is 1. The molecule has 0 aromatic carbocycles.